The summed E-state index contributed by atoms with van der Waals surface area (Å²) < 4.78 is 5.59. The van der Waals surface area contributed by atoms with Crippen LogP contribution in [0.15, 0.2) is 18.2 Å². The number of rotatable bonds is 0. The average molecular weight is 206 g/mol. The zero-order chi connectivity index (χ0) is 11.0. The first-order valence-corrected chi connectivity index (χ1v) is 4.91. The molecule has 0 fully saturated rings. The Morgan fingerprint density at radius 2 is 2.20 bits per heavy atom. The number of benzene rings is 1. The molecule has 0 unspecified atom stereocenters. The maximum absolute atomic E-state index is 11.6. The summed E-state index contributed by atoms with van der Waals surface area (Å²) >= 11 is 0. The first kappa shape index (κ1) is 9.98. The number of hydrogen-bond acceptors (Lipinski definition) is 3. The Morgan fingerprint density at radius 3 is 2.93 bits per heavy atom. The molecule has 0 saturated carbocycles. The van der Waals surface area contributed by atoms with E-state index < -0.39 is 6.04 Å². The molecule has 2 atom stereocenters. The second-order valence-corrected chi connectivity index (χ2v) is 3.84. The lowest BCUT2D eigenvalue weighted by Crippen LogP contribution is -2.44. The molecule has 2 rings (SSSR count). The van der Waals surface area contributed by atoms with E-state index in [0.717, 1.165) is 5.56 Å². The highest BCUT2D eigenvalue weighted by Gasteiger charge is 2.27. The van der Waals surface area contributed by atoms with Gasteiger partial charge in [-0.1, -0.05) is 6.07 Å². The van der Waals surface area contributed by atoms with Crippen LogP contribution in [0.4, 0.5) is 5.69 Å². The number of nitrogens with one attached hydrogen (secondary N) is 1. The largest absolute Gasteiger partial charge is 0.486 e. The van der Waals surface area contributed by atoms with Gasteiger partial charge in [0.1, 0.15) is 17.9 Å². The van der Waals surface area contributed by atoms with Crippen LogP contribution in [-0.4, -0.2) is 18.1 Å². The number of aryl methyl sites for hydroxylation is 1. The molecule has 0 saturated heterocycles. The van der Waals surface area contributed by atoms with Gasteiger partial charge in [0.25, 0.3) is 0 Å². The molecule has 1 heterocycles. The number of ether oxygens (including phenoxy) is 1. The molecule has 0 aromatic heterocycles. The van der Waals surface area contributed by atoms with E-state index in [2.05, 4.69) is 5.32 Å². The second kappa shape index (κ2) is 3.55. The number of hydrogen-bond donors (Lipinski definition) is 2. The minimum Gasteiger partial charge on any atom is -0.486 e. The Hall–Kier alpha value is -1.55. The Bertz CT molecular complexity index is 404. The van der Waals surface area contributed by atoms with Gasteiger partial charge in [-0.05, 0) is 31.5 Å². The quantitative estimate of drug-likeness (QED) is 0.666. The van der Waals surface area contributed by atoms with Gasteiger partial charge in [0.2, 0.25) is 5.91 Å². The summed E-state index contributed by atoms with van der Waals surface area (Å²) in [5, 5.41) is 2.75. The standard InChI is InChI=1S/C11H14N2O2/c1-6-3-4-9-8(5-6)13-11(14)10(12)7(2)15-9/h3-5,7,10H,12H2,1-2H3,(H,13,14)/t7-,10+/m0/s1. The molecule has 0 radical (unpaired) electrons. The molecule has 80 valence electrons. The average Bonchev–Trinajstić information content (AvgIpc) is 2.29. The molecule has 1 aromatic carbocycles. The zero-order valence-corrected chi connectivity index (χ0v) is 8.78. The van der Waals surface area contributed by atoms with E-state index >= 15 is 0 Å². The van der Waals surface area contributed by atoms with Crippen LogP contribution in [0.3, 0.4) is 0 Å². The van der Waals surface area contributed by atoms with Gasteiger partial charge >= 0.3 is 0 Å². The zero-order valence-electron chi connectivity index (χ0n) is 8.78. The Kier molecular flexibility index (Phi) is 2.36. The highest BCUT2D eigenvalue weighted by molar-refractivity contribution is 5.97. The number of fused-ring (bicyclic) bond motifs is 1. The number of nitrogens with two attached hydrogens (primary N) is 1. The minimum atomic E-state index is -0.627. The van der Waals surface area contributed by atoms with Gasteiger partial charge in [-0.15, -0.1) is 0 Å². The molecule has 1 aliphatic rings. The van der Waals surface area contributed by atoms with Crippen molar-refractivity contribution in [3.05, 3.63) is 23.8 Å². The molecule has 1 aliphatic heterocycles. The molecule has 0 aliphatic carbocycles. The van der Waals surface area contributed by atoms with Crippen LogP contribution in [0.5, 0.6) is 5.75 Å². The van der Waals surface area contributed by atoms with Crippen LogP contribution >= 0.6 is 0 Å². The topological polar surface area (TPSA) is 64.4 Å². The third-order valence-corrected chi connectivity index (χ3v) is 2.51. The highest BCUT2D eigenvalue weighted by Crippen LogP contribution is 2.29. The highest BCUT2D eigenvalue weighted by atomic mass is 16.5. The SMILES string of the molecule is Cc1ccc2c(c1)NC(=O)[C@H](N)[C@H](C)O2. The van der Waals surface area contributed by atoms with Gasteiger partial charge < -0.3 is 15.8 Å². The monoisotopic (exact) mass is 206 g/mol. The molecule has 1 amide bonds. The number of amides is 1. The summed E-state index contributed by atoms with van der Waals surface area (Å²) in [5.41, 5.74) is 7.47. The Balaban J connectivity index is 2.42. The summed E-state index contributed by atoms with van der Waals surface area (Å²) in [6.45, 7) is 3.75. The summed E-state index contributed by atoms with van der Waals surface area (Å²) in [4.78, 5) is 11.6. The molecular weight excluding hydrogens is 192 g/mol. The van der Waals surface area contributed by atoms with Crippen LogP contribution in [0, 0.1) is 6.92 Å². The van der Waals surface area contributed by atoms with Gasteiger partial charge in [0.05, 0.1) is 5.69 Å². The Morgan fingerprint density at radius 1 is 1.47 bits per heavy atom. The number of carbonyl (C=O) groups is 1. The summed E-state index contributed by atoms with van der Waals surface area (Å²) in [6, 6.07) is 5.03. The van der Waals surface area contributed by atoms with E-state index in [9.17, 15) is 4.79 Å². The van der Waals surface area contributed by atoms with E-state index in [1.165, 1.54) is 0 Å². The van der Waals surface area contributed by atoms with E-state index in [1.54, 1.807) is 6.92 Å². The lowest BCUT2D eigenvalue weighted by atomic mass is 10.2. The maximum Gasteiger partial charge on any atom is 0.245 e. The van der Waals surface area contributed by atoms with E-state index in [4.69, 9.17) is 10.5 Å². The van der Waals surface area contributed by atoms with Crippen LogP contribution < -0.4 is 15.8 Å². The van der Waals surface area contributed by atoms with Crippen molar-refractivity contribution in [1.82, 2.24) is 0 Å². The lowest BCUT2D eigenvalue weighted by molar-refractivity contribution is -0.118. The number of anilines is 1. The molecule has 15 heavy (non-hydrogen) atoms. The van der Waals surface area contributed by atoms with Crippen molar-refractivity contribution in [2.45, 2.75) is 26.0 Å². The van der Waals surface area contributed by atoms with Crippen molar-refractivity contribution in [3.63, 3.8) is 0 Å². The third-order valence-electron chi connectivity index (χ3n) is 2.51. The predicted molar refractivity (Wildman–Crippen MR) is 57.9 cm³/mol. The smallest absolute Gasteiger partial charge is 0.245 e. The van der Waals surface area contributed by atoms with Gasteiger partial charge in [0, 0.05) is 0 Å². The number of carbonyl (C=O) groups excluding carboxylic acids is 1. The fourth-order valence-corrected chi connectivity index (χ4v) is 1.55. The van der Waals surface area contributed by atoms with Gasteiger partial charge in [0.15, 0.2) is 0 Å². The van der Waals surface area contributed by atoms with Crippen LogP contribution in [0.1, 0.15) is 12.5 Å². The van der Waals surface area contributed by atoms with Crippen LogP contribution in [0.25, 0.3) is 0 Å². The third kappa shape index (κ3) is 1.80. The normalized spacial score (nSPS) is 24.9. The summed E-state index contributed by atoms with van der Waals surface area (Å²) in [5.74, 6) is 0.473. The second-order valence-electron chi connectivity index (χ2n) is 3.84. The van der Waals surface area contributed by atoms with Crippen LogP contribution in [0.2, 0.25) is 0 Å². The Labute approximate surface area is 88.4 Å². The van der Waals surface area contributed by atoms with E-state index in [0.29, 0.717) is 11.4 Å². The molecule has 4 nitrogen and oxygen atoms in total. The van der Waals surface area contributed by atoms with Crippen molar-refractivity contribution in [2.75, 3.05) is 5.32 Å². The van der Waals surface area contributed by atoms with Crippen molar-refractivity contribution >= 4 is 11.6 Å². The first-order valence-electron chi connectivity index (χ1n) is 4.91. The van der Waals surface area contributed by atoms with E-state index in [1.807, 2.05) is 25.1 Å². The molecule has 0 bridgehead atoms. The van der Waals surface area contributed by atoms with Gasteiger partial charge in [-0.2, -0.15) is 0 Å². The van der Waals surface area contributed by atoms with Crippen molar-refractivity contribution in [1.29, 1.82) is 0 Å². The summed E-state index contributed by atoms with van der Waals surface area (Å²) in [6.07, 6.45) is -0.311. The van der Waals surface area contributed by atoms with Crippen molar-refractivity contribution in [3.8, 4) is 5.75 Å². The van der Waals surface area contributed by atoms with Crippen molar-refractivity contribution in [2.24, 2.45) is 5.73 Å². The van der Waals surface area contributed by atoms with Crippen molar-refractivity contribution < 1.29 is 9.53 Å². The minimum absolute atomic E-state index is 0.202. The molecule has 3 N–H and O–H groups in total. The summed E-state index contributed by atoms with van der Waals surface area (Å²) in [7, 11) is 0. The molecule has 0 spiro atoms. The fraction of sp³-hybridized carbons (Fsp3) is 0.364. The predicted octanol–water partition coefficient (Wildman–Crippen LogP) is 1.04. The van der Waals surface area contributed by atoms with Gasteiger partial charge in [-0.3, -0.25) is 4.79 Å². The molecule has 4 heteroatoms. The van der Waals surface area contributed by atoms with Gasteiger partial charge in [-0.25, -0.2) is 0 Å². The molecular formula is C11H14N2O2. The lowest BCUT2D eigenvalue weighted by Gasteiger charge is -2.15. The maximum atomic E-state index is 11.6. The van der Waals surface area contributed by atoms with Crippen LogP contribution in [-0.2, 0) is 4.79 Å². The fourth-order valence-electron chi connectivity index (χ4n) is 1.55. The first-order chi connectivity index (χ1) is 7.08. The molecule has 1 aromatic rings. The van der Waals surface area contributed by atoms with E-state index in [-0.39, 0.29) is 12.0 Å².